The molecule has 1 aromatic heterocycles. The Morgan fingerprint density at radius 2 is 2.05 bits per heavy atom. The molecule has 0 saturated heterocycles. The molecule has 4 nitrogen and oxygen atoms in total. The Hall–Kier alpha value is -2.07. The Balaban J connectivity index is 1.85. The van der Waals surface area contributed by atoms with Crippen LogP contribution in [0.5, 0.6) is 0 Å². The van der Waals surface area contributed by atoms with Crippen LogP contribution in [0.25, 0.3) is 0 Å². The smallest absolute Gasteiger partial charge is 0.316 e. The highest BCUT2D eigenvalue weighted by Crippen LogP contribution is 2.28. The molecule has 0 atom stereocenters. The van der Waals surface area contributed by atoms with Crippen LogP contribution in [0.1, 0.15) is 11.1 Å². The number of aromatic nitrogens is 1. The number of hydrogen-bond acceptors (Lipinski definition) is 2. The van der Waals surface area contributed by atoms with E-state index in [1.165, 1.54) is 0 Å². The summed E-state index contributed by atoms with van der Waals surface area (Å²) in [6, 6.07) is 11.4. The summed E-state index contributed by atoms with van der Waals surface area (Å²) >= 11 is 6.14. The van der Waals surface area contributed by atoms with E-state index in [1.54, 1.807) is 17.2 Å². The van der Waals surface area contributed by atoms with Gasteiger partial charge in [-0.1, -0.05) is 41.9 Å². The van der Waals surface area contributed by atoms with Crippen molar-refractivity contribution in [3.63, 3.8) is 0 Å². The van der Waals surface area contributed by atoms with Gasteiger partial charge in [0.2, 0.25) is 0 Å². The largest absolute Gasteiger partial charge is 0.323 e. The summed E-state index contributed by atoms with van der Waals surface area (Å²) in [5.74, 6) is 0.557. The average molecular weight is 274 g/mol. The van der Waals surface area contributed by atoms with Crippen molar-refractivity contribution in [3.8, 4) is 0 Å². The van der Waals surface area contributed by atoms with Gasteiger partial charge < -0.3 is 4.90 Å². The first kappa shape index (κ1) is 12.0. The lowest BCUT2D eigenvalue weighted by molar-refractivity contribution is 0.203. The summed E-state index contributed by atoms with van der Waals surface area (Å²) in [7, 11) is 0. The van der Waals surface area contributed by atoms with Crippen LogP contribution in [0.2, 0.25) is 5.02 Å². The number of nitrogens with zero attached hydrogens (tertiary/aromatic N) is 2. The minimum Gasteiger partial charge on any atom is -0.316 e. The van der Waals surface area contributed by atoms with E-state index in [9.17, 15) is 4.79 Å². The zero-order valence-electron chi connectivity index (χ0n) is 10.1. The summed E-state index contributed by atoms with van der Waals surface area (Å²) in [5, 5.41) is 3.39. The van der Waals surface area contributed by atoms with Gasteiger partial charge in [0, 0.05) is 18.3 Å². The van der Waals surface area contributed by atoms with Gasteiger partial charge >= 0.3 is 6.03 Å². The van der Waals surface area contributed by atoms with Crippen LogP contribution in [-0.4, -0.2) is 15.9 Å². The molecule has 2 aromatic rings. The fourth-order valence-electron chi connectivity index (χ4n) is 2.10. The molecule has 5 heteroatoms. The summed E-state index contributed by atoms with van der Waals surface area (Å²) in [5.41, 5.74) is 1.95. The molecule has 2 amide bonds. The van der Waals surface area contributed by atoms with E-state index in [0.717, 1.165) is 11.1 Å². The van der Waals surface area contributed by atoms with Crippen LogP contribution in [-0.2, 0) is 13.1 Å². The molecule has 0 radical (unpaired) electrons. The van der Waals surface area contributed by atoms with E-state index in [0.29, 0.717) is 23.9 Å². The standard InChI is InChI=1S/C14H12ClN3O/c15-12-6-7-16-13-11(12)9-18(14(19)17-13)8-10-4-2-1-3-5-10/h1-7H,8-9H2,(H,16,17,19). The number of hydrogen-bond donors (Lipinski definition) is 1. The SMILES string of the molecule is O=C1Nc2nccc(Cl)c2CN1Cc1ccccc1. The molecule has 2 heterocycles. The van der Waals surface area contributed by atoms with Gasteiger partial charge in [0.25, 0.3) is 0 Å². The molecule has 0 spiro atoms. The number of carbonyl (C=O) groups is 1. The number of urea groups is 1. The Labute approximate surface area is 116 Å². The average Bonchev–Trinajstić information content (AvgIpc) is 2.42. The molecule has 0 bridgehead atoms. The van der Waals surface area contributed by atoms with Crippen molar-refractivity contribution in [2.45, 2.75) is 13.1 Å². The summed E-state index contributed by atoms with van der Waals surface area (Å²) in [4.78, 5) is 17.8. The zero-order valence-corrected chi connectivity index (χ0v) is 10.9. The normalized spacial score (nSPS) is 13.9. The number of amides is 2. The van der Waals surface area contributed by atoms with E-state index in [2.05, 4.69) is 10.3 Å². The number of halogens is 1. The maximum atomic E-state index is 12.0. The maximum Gasteiger partial charge on any atom is 0.323 e. The van der Waals surface area contributed by atoms with E-state index < -0.39 is 0 Å². The highest BCUT2D eigenvalue weighted by Gasteiger charge is 2.25. The second-order valence-corrected chi connectivity index (χ2v) is 4.80. The predicted molar refractivity (Wildman–Crippen MR) is 74.0 cm³/mol. The number of nitrogens with one attached hydrogen (secondary N) is 1. The number of fused-ring (bicyclic) bond motifs is 1. The Kier molecular flexibility index (Phi) is 3.09. The Morgan fingerprint density at radius 3 is 2.84 bits per heavy atom. The number of carbonyl (C=O) groups excluding carboxylic acids is 1. The van der Waals surface area contributed by atoms with Crippen LogP contribution in [0.3, 0.4) is 0 Å². The van der Waals surface area contributed by atoms with Gasteiger partial charge in [-0.25, -0.2) is 9.78 Å². The van der Waals surface area contributed by atoms with Gasteiger partial charge in [-0.15, -0.1) is 0 Å². The van der Waals surface area contributed by atoms with Gasteiger partial charge in [-0.05, 0) is 11.6 Å². The van der Waals surface area contributed by atoms with Crippen LogP contribution < -0.4 is 5.32 Å². The Morgan fingerprint density at radius 1 is 1.26 bits per heavy atom. The fourth-order valence-corrected chi connectivity index (χ4v) is 2.31. The van der Waals surface area contributed by atoms with Crippen molar-refractivity contribution in [2.24, 2.45) is 0 Å². The van der Waals surface area contributed by atoms with Gasteiger partial charge in [-0.3, -0.25) is 5.32 Å². The number of benzene rings is 1. The molecule has 0 aliphatic carbocycles. The number of anilines is 1. The second-order valence-electron chi connectivity index (χ2n) is 4.39. The Bertz CT molecular complexity index is 615. The minimum atomic E-state index is -0.147. The molecule has 1 aromatic carbocycles. The molecule has 0 fully saturated rings. The first-order valence-corrected chi connectivity index (χ1v) is 6.35. The third kappa shape index (κ3) is 2.39. The van der Waals surface area contributed by atoms with Crippen molar-refractivity contribution < 1.29 is 4.79 Å². The number of pyridine rings is 1. The van der Waals surface area contributed by atoms with Crippen molar-refractivity contribution in [1.82, 2.24) is 9.88 Å². The lowest BCUT2D eigenvalue weighted by atomic mass is 10.1. The van der Waals surface area contributed by atoms with E-state index >= 15 is 0 Å². The van der Waals surface area contributed by atoms with E-state index in [1.807, 2.05) is 30.3 Å². The maximum absolute atomic E-state index is 12.0. The molecule has 1 aliphatic heterocycles. The van der Waals surface area contributed by atoms with Gasteiger partial charge in [0.15, 0.2) is 0 Å². The minimum absolute atomic E-state index is 0.147. The van der Waals surface area contributed by atoms with E-state index in [4.69, 9.17) is 11.6 Å². The molecular formula is C14H12ClN3O. The third-order valence-electron chi connectivity index (χ3n) is 3.08. The van der Waals surface area contributed by atoms with Gasteiger partial charge in [0.1, 0.15) is 5.82 Å². The monoisotopic (exact) mass is 273 g/mol. The zero-order chi connectivity index (χ0) is 13.2. The van der Waals surface area contributed by atoms with Crippen LogP contribution in [0.4, 0.5) is 10.6 Å². The first-order valence-electron chi connectivity index (χ1n) is 5.97. The summed E-state index contributed by atoms with van der Waals surface area (Å²) < 4.78 is 0. The van der Waals surface area contributed by atoms with Crippen LogP contribution in [0.15, 0.2) is 42.6 Å². The lowest BCUT2D eigenvalue weighted by Crippen LogP contribution is -2.38. The fraction of sp³-hybridized carbons (Fsp3) is 0.143. The molecule has 96 valence electrons. The lowest BCUT2D eigenvalue weighted by Gasteiger charge is -2.29. The third-order valence-corrected chi connectivity index (χ3v) is 3.43. The first-order chi connectivity index (χ1) is 9.24. The highest BCUT2D eigenvalue weighted by atomic mass is 35.5. The van der Waals surface area contributed by atoms with Crippen molar-refractivity contribution >= 4 is 23.4 Å². The van der Waals surface area contributed by atoms with E-state index in [-0.39, 0.29) is 6.03 Å². The molecule has 1 N–H and O–H groups in total. The van der Waals surface area contributed by atoms with Gasteiger partial charge in [-0.2, -0.15) is 0 Å². The van der Waals surface area contributed by atoms with Crippen molar-refractivity contribution in [1.29, 1.82) is 0 Å². The second kappa shape index (κ2) is 4.90. The molecule has 0 unspecified atom stereocenters. The quantitative estimate of drug-likeness (QED) is 0.913. The van der Waals surface area contributed by atoms with Gasteiger partial charge in [0.05, 0.1) is 11.6 Å². The summed E-state index contributed by atoms with van der Waals surface area (Å²) in [6.45, 7) is 1.03. The molecule has 19 heavy (non-hydrogen) atoms. The predicted octanol–water partition coefficient (Wildman–Crippen LogP) is 3.28. The highest BCUT2D eigenvalue weighted by molar-refractivity contribution is 6.31. The summed E-state index contributed by atoms with van der Waals surface area (Å²) in [6.07, 6.45) is 1.59. The van der Waals surface area contributed by atoms with Crippen molar-refractivity contribution in [3.05, 3.63) is 58.7 Å². The van der Waals surface area contributed by atoms with Crippen LogP contribution >= 0.6 is 11.6 Å². The molecular weight excluding hydrogens is 262 g/mol. The van der Waals surface area contributed by atoms with Crippen molar-refractivity contribution in [2.75, 3.05) is 5.32 Å². The number of rotatable bonds is 2. The van der Waals surface area contributed by atoms with Crippen LogP contribution in [0, 0.1) is 0 Å². The molecule has 0 saturated carbocycles. The molecule has 3 rings (SSSR count). The molecule has 1 aliphatic rings. The topological polar surface area (TPSA) is 45.2 Å².